The van der Waals surface area contributed by atoms with Gasteiger partial charge in [0.2, 0.25) is 6.79 Å². The topological polar surface area (TPSA) is 110 Å². The third kappa shape index (κ3) is 4.76. The first-order valence-electron chi connectivity index (χ1n) is 10.1. The van der Waals surface area contributed by atoms with Crippen LogP contribution in [0.25, 0.3) is 0 Å². The van der Waals surface area contributed by atoms with Crippen molar-refractivity contribution in [2.45, 2.75) is 38.0 Å². The SMILES string of the molecule is O=C(O)C(CCCCc1ccccc1)[C@H](Cc1ccc2c(c1)OCO2)c1nnn[nH]1. The number of carbonyl (C=O) groups is 1. The van der Waals surface area contributed by atoms with Gasteiger partial charge in [0.05, 0.1) is 5.92 Å². The number of nitrogens with zero attached hydrogens (tertiary/aromatic N) is 3. The van der Waals surface area contributed by atoms with Crippen LogP contribution in [0, 0.1) is 5.92 Å². The van der Waals surface area contributed by atoms with Gasteiger partial charge in [-0.1, -0.05) is 42.8 Å². The van der Waals surface area contributed by atoms with Gasteiger partial charge in [0.1, 0.15) is 0 Å². The van der Waals surface area contributed by atoms with E-state index in [2.05, 4.69) is 32.8 Å². The van der Waals surface area contributed by atoms with Gasteiger partial charge in [0, 0.05) is 5.92 Å². The predicted octanol–water partition coefficient (Wildman–Crippen LogP) is 3.37. The fraction of sp³-hybridized carbons (Fsp3) is 0.364. The van der Waals surface area contributed by atoms with Crippen LogP contribution in [0.15, 0.2) is 48.5 Å². The van der Waals surface area contributed by atoms with E-state index in [1.807, 2.05) is 36.4 Å². The molecule has 2 heterocycles. The third-order valence-corrected chi connectivity index (χ3v) is 5.48. The van der Waals surface area contributed by atoms with Crippen molar-refractivity contribution >= 4 is 5.97 Å². The Balaban J connectivity index is 1.45. The second kappa shape index (κ2) is 9.39. The van der Waals surface area contributed by atoms with Crippen LogP contribution in [0.2, 0.25) is 0 Å². The molecule has 2 aromatic carbocycles. The Morgan fingerprint density at radius 3 is 2.67 bits per heavy atom. The van der Waals surface area contributed by atoms with E-state index in [4.69, 9.17) is 9.47 Å². The molecule has 1 aliphatic rings. The van der Waals surface area contributed by atoms with Crippen molar-refractivity contribution in [2.24, 2.45) is 5.92 Å². The number of aromatic amines is 1. The molecule has 30 heavy (non-hydrogen) atoms. The van der Waals surface area contributed by atoms with Gasteiger partial charge < -0.3 is 14.6 Å². The van der Waals surface area contributed by atoms with E-state index < -0.39 is 11.9 Å². The number of aliphatic carboxylic acids is 1. The molecule has 0 aliphatic carbocycles. The smallest absolute Gasteiger partial charge is 0.307 e. The van der Waals surface area contributed by atoms with E-state index in [-0.39, 0.29) is 12.7 Å². The molecule has 1 unspecified atom stereocenters. The summed E-state index contributed by atoms with van der Waals surface area (Å²) in [6.45, 7) is 0.202. The zero-order valence-corrected chi connectivity index (χ0v) is 16.5. The molecule has 0 fully saturated rings. The monoisotopic (exact) mass is 408 g/mol. The normalized spacial score (nSPS) is 14.4. The second-order valence-corrected chi connectivity index (χ2v) is 7.46. The fourth-order valence-electron chi connectivity index (χ4n) is 3.91. The average molecular weight is 408 g/mol. The number of hydrogen-bond acceptors (Lipinski definition) is 6. The van der Waals surface area contributed by atoms with Crippen molar-refractivity contribution in [2.75, 3.05) is 6.79 Å². The molecule has 2 N–H and O–H groups in total. The number of hydrogen-bond donors (Lipinski definition) is 2. The largest absolute Gasteiger partial charge is 0.481 e. The van der Waals surface area contributed by atoms with Crippen molar-refractivity contribution in [3.63, 3.8) is 0 Å². The van der Waals surface area contributed by atoms with Crippen LogP contribution in [-0.2, 0) is 17.6 Å². The summed E-state index contributed by atoms with van der Waals surface area (Å²) in [6, 6.07) is 15.9. The lowest BCUT2D eigenvalue weighted by Crippen LogP contribution is -2.25. The first-order chi connectivity index (χ1) is 14.7. The highest BCUT2D eigenvalue weighted by Gasteiger charge is 2.32. The first kappa shape index (κ1) is 19.9. The van der Waals surface area contributed by atoms with E-state index in [0.29, 0.717) is 30.2 Å². The number of fused-ring (bicyclic) bond motifs is 1. The molecule has 3 aromatic rings. The molecule has 8 nitrogen and oxygen atoms in total. The Labute approximate surface area is 174 Å². The number of aromatic nitrogens is 4. The van der Waals surface area contributed by atoms with Crippen molar-refractivity contribution in [1.82, 2.24) is 20.6 Å². The van der Waals surface area contributed by atoms with Gasteiger partial charge in [-0.15, -0.1) is 5.10 Å². The number of benzene rings is 2. The standard InChI is InChI=1S/C22H24N4O4/c27-22(28)17(9-5-4-8-15-6-2-1-3-7-15)18(21-23-25-26-24-21)12-16-10-11-19-20(13-16)30-14-29-19/h1-3,6-7,10-11,13,17-18H,4-5,8-9,12,14H2,(H,27,28)(H,23,24,25,26)/t17?,18-/m0/s1. The van der Waals surface area contributed by atoms with E-state index in [1.165, 1.54) is 5.56 Å². The summed E-state index contributed by atoms with van der Waals surface area (Å²) in [5.74, 6) is 0.0690. The van der Waals surface area contributed by atoms with E-state index in [9.17, 15) is 9.90 Å². The molecule has 8 heteroatoms. The lowest BCUT2D eigenvalue weighted by atomic mass is 9.82. The minimum Gasteiger partial charge on any atom is -0.481 e. The molecule has 1 aromatic heterocycles. The fourth-order valence-corrected chi connectivity index (χ4v) is 3.91. The van der Waals surface area contributed by atoms with Crippen LogP contribution in [-0.4, -0.2) is 38.5 Å². The highest BCUT2D eigenvalue weighted by Crippen LogP contribution is 2.36. The molecule has 0 saturated carbocycles. The Hall–Kier alpha value is -3.42. The molecule has 1 aliphatic heterocycles. The van der Waals surface area contributed by atoms with Gasteiger partial charge >= 0.3 is 5.97 Å². The summed E-state index contributed by atoms with van der Waals surface area (Å²) < 4.78 is 10.8. The van der Waals surface area contributed by atoms with Gasteiger partial charge in [-0.3, -0.25) is 4.79 Å². The predicted molar refractivity (Wildman–Crippen MR) is 108 cm³/mol. The number of carboxylic acids is 1. The average Bonchev–Trinajstić information content (AvgIpc) is 3.45. The van der Waals surface area contributed by atoms with Crippen LogP contribution in [0.1, 0.15) is 42.1 Å². The number of unbranched alkanes of at least 4 members (excludes halogenated alkanes) is 1. The maximum Gasteiger partial charge on any atom is 0.307 e. The van der Waals surface area contributed by atoms with Gasteiger partial charge in [0.25, 0.3) is 0 Å². The van der Waals surface area contributed by atoms with E-state index in [1.54, 1.807) is 0 Å². The van der Waals surface area contributed by atoms with E-state index in [0.717, 1.165) is 24.8 Å². The van der Waals surface area contributed by atoms with Crippen molar-refractivity contribution in [3.8, 4) is 11.5 Å². The number of tetrazole rings is 1. The molecule has 156 valence electrons. The van der Waals surface area contributed by atoms with Crippen LogP contribution < -0.4 is 9.47 Å². The maximum absolute atomic E-state index is 12.2. The van der Waals surface area contributed by atoms with E-state index >= 15 is 0 Å². The van der Waals surface area contributed by atoms with Crippen LogP contribution in [0.4, 0.5) is 0 Å². The zero-order valence-electron chi connectivity index (χ0n) is 16.5. The van der Waals surface area contributed by atoms with Crippen molar-refractivity contribution in [3.05, 3.63) is 65.5 Å². The third-order valence-electron chi connectivity index (χ3n) is 5.48. The minimum absolute atomic E-state index is 0.202. The number of nitrogens with one attached hydrogen (secondary N) is 1. The lowest BCUT2D eigenvalue weighted by molar-refractivity contribution is -0.143. The van der Waals surface area contributed by atoms with Gasteiger partial charge in [-0.25, -0.2) is 5.10 Å². The zero-order chi connectivity index (χ0) is 20.8. The Morgan fingerprint density at radius 2 is 1.90 bits per heavy atom. The van der Waals surface area contributed by atoms with Gasteiger partial charge in [0.15, 0.2) is 17.3 Å². The Bertz CT molecular complexity index is 963. The number of aryl methyl sites for hydroxylation is 1. The molecular formula is C22H24N4O4. The number of ether oxygens (including phenoxy) is 2. The van der Waals surface area contributed by atoms with Gasteiger partial charge in [-0.05, 0) is 59.4 Å². The van der Waals surface area contributed by atoms with Crippen molar-refractivity contribution < 1.29 is 19.4 Å². The molecule has 4 rings (SSSR count). The molecule has 0 radical (unpaired) electrons. The summed E-state index contributed by atoms with van der Waals surface area (Å²) in [6.07, 6.45) is 3.72. The van der Waals surface area contributed by atoms with Crippen LogP contribution in [0.5, 0.6) is 11.5 Å². The van der Waals surface area contributed by atoms with Crippen LogP contribution >= 0.6 is 0 Å². The molecule has 0 amide bonds. The quantitative estimate of drug-likeness (QED) is 0.495. The van der Waals surface area contributed by atoms with Crippen LogP contribution in [0.3, 0.4) is 0 Å². The summed E-state index contributed by atoms with van der Waals surface area (Å²) in [5.41, 5.74) is 2.22. The molecule has 0 saturated heterocycles. The first-order valence-corrected chi connectivity index (χ1v) is 10.1. The summed E-state index contributed by atoms with van der Waals surface area (Å²) in [7, 11) is 0. The number of carboxylic acid groups (broad SMARTS) is 1. The molecular weight excluding hydrogens is 384 g/mol. The molecule has 0 spiro atoms. The highest BCUT2D eigenvalue weighted by molar-refractivity contribution is 5.71. The Kier molecular flexibility index (Phi) is 6.22. The molecule has 2 atom stereocenters. The second-order valence-electron chi connectivity index (χ2n) is 7.46. The summed E-state index contributed by atoms with van der Waals surface area (Å²) in [4.78, 5) is 12.2. The Morgan fingerprint density at radius 1 is 1.07 bits per heavy atom. The maximum atomic E-state index is 12.2. The minimum atomic E-state index is -0.836. The van der Waals surface area contributed by atoms with Gasteiger partial charge in [-0.2, -0.15) is 0 Å². The number of rotatable bonds is 10. The highest BCUT2D eigenvalue weighted by atomic mass is 16.7. The number of H-pyrrole nitrogens is 1. The summed E-state index contributed by atoms with van der Waals surface area (Å²) >= 11 is 0. The molecule has 0 bridgehead atoms. The van der Waals surface area contributed by atoms with Crippen molar-refractivity contribution in [1.29, 1.82) is 0 Å². The lowest BCUT2D eigenvalue weighted by Gasteiger charge is -2.22. The summed E-state index contributed by atoms with van der Waals surface area (Å²) in [5, 5.41) is 24.1.